The van der Waals surface area contributed by atoms with E-state index in [9.17, 15) is 9.18 Å². The van der Waals surface area contributed by atoms with Crippen LogP contribution >= 0.6 is 0 Å². The fourth-order valence-electron chi connectivity index (χ4n) is 3.23. The molecule has 1 aliphatic heterocycles. The number of hydrogen-bond donors (Lipinski definition) is 2. The smallest absolute Gasteiger partial charge is 0.323 e. The van der Waals surface area contributed by atoms with Crippen molar-refractivity contribution in [3.63, 3.8) is 0 Å². The lowest BCUT2D eigenvalue weighted by Crippen LogP contribution is -2.44. The van der Waals surface area contributed by atoms with Gasteiger partial charge in [0.1, 0.15) is 5.82 Å². The highest BCUT2D eigenvalue weighted by atomic mass is 19.1. The summed E-state index contributed by atoms with van der Waals surface area (Å²) in [6.07, 6.45) is 0. The number of piperazine rings is 1. The summed E-state index contributed by atoms with van der Waals surface area (Å²) < 4.78 is 12.9. The molecule has 7 nitrogen and oxygen atoms in total. The monoisotopic (exact) mass is 406 g/mol. The Kier molecular flexibility index (Phi) is 5.85. The number of amides is 2. The van der Waals surface area contributed by atoms with Gasteiger partial charge in [0, 0.05) is 43.1 Å². The van der Waals surface area contributed by atoms with Crippen molar-refractivity contribution in [1.29, 1.82) is 0 Å². The van der Waals surface area contributed by atoms with E-state index in [1.54, 1.807) is 12.1 Å². The maximum atomic E-state index is 12.9. The van der Waals surface area contributed by atoms with Gasteiger partial charge >= 0.3 is 6.03 Å². The topological polar surface area (TPSA) is 73.4 Å². The van der Waals surface area contributed by atoms with Crippen LogP contribution in [0.2, 0.25) is 0 Å². The minimum absolute atomic E-state index is 0.351. The van der Waals surface area contributed by atoms with Gasteiger partial charge in [-0.25, -0.2) is 9.18 Å². The quantitative estimate of drug-likeness (QED) is 0.692. The summed E-state index contributed by atoms with van der Waals surface area (Å²) in [4.78, 5) is 16.6. The molecule has 0 saturated carbocycles. The zero-order valence-electron chi connectivity index (χ0n) is 16.7. The first-order valence-electron chi connectivity index (χ1n) is 9.78. The third-order valence-corrected chi connectivity index (χ3v) is 5.02. The number of carbonyl (C=O) groups excluding carboxylic acids is 1. The van der Waals surface area contributed by atoms with E-state index in [1.165, 1.54) is 24.3 Å². The Hall–Kier alpha value is -3.52. The van der Waals surface area contributed by atoms with E-state index < -0.39 is 6.03 Å². The maximum Gasteiger partial charge on any atom is 0.323 e. The molecule has 1 saturated heterocycles. The van der Waals surface area contributed by atoms with Crippen molar-refractivity contribution in [1.82, 2.24) is 15.1 Å². The first kappa shape index (κ1) is 19.8. The van der Waals surface area contributed by atoms with E-state index in [-0.39, 0.29) is 5.82 Å². The standard InChI is InChI=1S/C22H23FN6O/c1-28-12-14-29(15-13-28)21-11-10-20(26-27-21)16-2-6-18(7-3-16)24-22(30)25-19-8-4-17(23)5-9-19/h2-11H,12-15H2,1H3,(H2,24,25,30). The Balaban J connectivity index is 1.36. The molecule has 1 aliphatic rings. The Morgan fingerprint density at radius 2 is 1.43 bits per heavy atom. The lowest BCUT2D eigenvalue weighted by Gasteiger charge is -2.32. The molecule has 1 aromatic heterocycles. The Morgan fingerprint density at radius 3 is 2.00 bits per heavy atom. The predicted molar refractivity (Wildman–Crippen MR) is 116 cm³/mol. The minimum Gasteiger partial charge on any atom is -0.353 e. The summed E-state index contributed by atoms with van der Waals surface area (Å²) in [5.41, 5.74) is 2.84. The fraction of sp³-hybridized carbons (Fsp3) is 0.227. The van der Waals surface area contributed by atoms with Crippen LogP contribution in [0.5, 0.6) is 0 Å². The molecule has 8 heteroatoms. The summed E-state index contributed by atoms with van der Waals surface area (Å²) in [6.45, 7) is 3.94. The highest BCUT2D eigenvalue weighted by molar-refractivity contribution is 5.99. The second kappa shape index (κ2) is 8.87. The highest BCUT2D eigenvalue weighted by Crippen LogP contribution is 2.21. The van der Waals surface area contributed by atoms with E-state index in [2.05, 4.69) is 37.7 Å². The predicted octanol–water partition coefficient (Wildman–Crippen LogP) is 3.68. The number of halogens is 1. The Bertz CT molecular complexity index is 984. The molecule has 0 bridgehead atoms. The molecule has 2 amide bonds. The van der Waals surface area contributed by atoms with Crippen LogP contribution in [0.4, 0.5) is 26.4 Å². The maximum absolute atomic E-state index is 12.9. The minimum atomic E-state index is -0.398. The van der Waals surface area contributed by atoms with Crippen molar-refractivity contribution in [3.05, 3.63) is 66.5 Å². The van der Waals surface area contributed by atoms with Crippen molar-refractivity contribution >= 4 is 23.2 Å². The molecule has 0 unspecified atom stereocenters. The van der Waals surface area contributed by atoms with Crippen molar-refractivity contribution in [2.45, 2.75) is 0 Å². The van der Waals surface area contributed by atoms with Gasteiger partial charge in [0.05, 0.1) is 5.69 Å². The molecule has 2 N–H and O–H groups in total. The van der Waals surface area contributed by atoms with Gasteiger partial charge < -0.3 is 20.4 Å². The number of rotatable bonds is 4. The zero-order chi connectivity index (χ0) is 20.9. The van der Waals surface area contributed by atoms with Gasteiger partial charge in [0.25, 0.3) is 0 Å². The van der Waals surface area contributed by atoms with E-state index in [1.807, 2.05) is 24.3 Å². The average molecular weight is 406 g/mol. The molecular weight excluding hydrogens is 383 g/mol. The molecule has 2 heterocycles. The lowest BCUT2D eigenvalue weighted by atomic mass is 10.1. The number of benzene rings is 2. The molecule has 30 heavy (non-hydrogen) atoms. The fourth-order valence-corrected chi connectivity index (χ4v) is 3.23. The van der Waals surface area contributed by atoms with Crippen LogP contribution in [0, 0.1) is 5.82 Å². The summed E-state index contributed by atoms with van der Waals surface area (Å²) in [6, 6.07) is 16.5. The Labute approximate surface area is 174 Å². The van der Waals surface area contributed by atoms with Crippen LogP contribution in [0.25, 0.3) is 11.3 Å². The van der Waals surface area contributed by atoms with E-state index in [4.69, 9.17) is 0 Å². The molecule has 0 radical (unpaired) electrons. The second-order valence-electron chi connectivity index (χ2n) is 7.23. The average Bonchev–Trinajstić information content (AvgIpc) is 2.77. The number of aromatic nitrogens is 2. The third-order valence-electron chi connectivity index (χ3n) is 5.02. The van der Waals surface area contributed by atoms with Gasteiger partial charge in [-0.3, -0.25) is 0 Å². The van der Waals surface area contributed by atoms with Crippen LogP contribution < -0.4 is 15.5 Å². The van der Waals surface area contributed by atoms with Crippen LogP contribution in [0.1, 0.15) is 0 Å². The van der Waals surface area contributed by atoms with Gasteiger partial charge in [-0.15, -0.1) is 10.2 Å². The van der Waals surface area contributed by atoms with Gasteiger partial charge in [0.2, 0.25) is 0 Å². The van der Waals surface area contributed by atoms with Gasteiger partial charge in [-0.05, 0) is 55.6 Å². The van der Waals surface area contributed by atoms with Gasteiger partial charge in [-0.2, -0.15) is 0 Å². The SMILES string of the molecule is CN1CCN(c2ccc(-c3ccc(NC(=O)Nc4ccc(F)cc4)cc3)nn2)CC1. The van der Waals surface area contributed by atoms with Gasteiger partial charge in [0.15, 0.2) is 5.82 Å². The van der Waals surface area contributed by atoms with Gasteiger partial charge in [-0.1, -0.05) is 12.1 Å². The number of carbonyl (C=O) groups is 1. The number of likely N-dealkylation sites (N-methyl/N-ethyl adjacent to an activating group) is 1. The molecule has 3 aromatic rings. The number of hydrogen-bond acceptors (Lipinski definition) is 5. The molecule has 0 aliphatic carbocycles. The van der Waals surface area contributed by atoms with Crippen LogP contribution in [-0.4, -0.2) is 54.4 Å². The van der Waals surface area contributed by atoms with Crippen LogP contribution in [0.3, 0.4) is 0 Å². The molecule has 154 valence electrons. The van der Waals surface area contributed by atoms with E-state index >= 15 is 0 Å². The first-order valence-corrected chi connectivity index (χ1v) is 9.78. The normalized spacial score (nSPS) is 14.4. The number of urea groups is 1. The number of anilines is 3. The summed E-state index contributed by atoms with van der Waals surface area (Å²) in [5.74, 6) is 0.541. The zero-order valence-corrected chi connectivity index (χ0v) is 16.7. The third kappa shape index (κ3) is 4.90. The van der Waals surface area contributed by atoms with E-state index in [0.29, 0.717) is 11.4 Å². The van der Waals surface area contributed by atoms with Crippen LogP contribution in [0.15, 0.2) is 60.7 Å². The molecule has 1 fully saturated rings. The van der Waals surface area contributed by atoms with Crippen molar-refractivity contribution in [2.24, 2.45) is 0 Å². The van der Waals surface area contributed by atoms with E-state index in [0.717, 1.165) is 43.3 Å². The summed E-state index contributed by atoms with van der Waals surface area (Å²) >= 11 is 0. The van der Waals surface area contributed by atoms with Crippen molar-refractivity contribution in [2.75, 3.05) is 48.8 Å². The molecule has 0 atom stereocenters. The summed E-state index contributed by atoms with van der Waals surface area (Å²) in [7, 11) is 2.12. The molecule has 0 spiro atoms. The molecule has 4 rings (SSSR count). The number of nitrogens with one attached hydrogen (secondary N) is 2. The Morgan fingerprint density at radius 1 is 0.833 bits per heavy atom. The molecule has 2 aromatic carbocycles. The first-order chi connectivity index (χ1) is 14.6. The van der Waals surface area contributed by atoms with Crippen LogP contribution in [-0.2, 0) is 0 Å². The number of nitrogens with zero attached hydrogens (tertiary/aromatic N) is 4. The highest BCUT2D eigenvalue weighted by Gasteiger charge is 2.15. The largest absolute Gasteiger partial charge is 0.353 e. The van der Waals surface area contributed by atoms with Crippen molar-refractivity contribution in [3.8, 4) is 11.3 Å². The lowest BCUT2D eigenvalue weighted by molar-refractivity contribution is 0.262. The second-order valence-corrected chi connectivity index (χ2v) is 7.23. The molecular formula is C22H23FN6O. The van der Waals surface area contributed by atoms with Crippen molar-refractivity contribution < 1.29 is 9.18 Å². The summed E-state index contributed by atoms with van der Waals surface area (Å²) in [5, 5.41) is 14.1.